The van der Waals surface area contributed by atoms with Crippen molar-refractivity contribution in [3.8, 4) is 0 Å². The van der Waals surface area contributed by atoms with Crippen molar-refractivity contribution in [3.63, 3.8) is 0 Å². The van der Waals surface area contributed by atoms with Gasteiger partial charge in [0.05, 0.1) is 5.52 Å². The minimum absolute atomic E-state index is 0.783. The summed E-state index contributed by atoms with van der Waals surface area (Å²) in [5, 5.41) is 1.27. The fourth-order valence-corrected chi connectivity index (χ4v) is 3.22. The number of fused-ring (bicyclic) bond motifs is 1. The number of rotatable bonds is 4. The number of nitrogens with zero attached hydrogens (tertiary/aromatic N) is 3. The predicted octanol–water partition coefficient (Wildman–Crippen LogP) is 2.32. The maximum absolute atomic E-state index is 5.60. The number of aryl methyl sites for hydroxylation is 2. The zero-order chi connectivity index (χ0) is 15.5. The fraction of sp³-hybridized carbons (Fsp3) is 0.500. The standard InChI is InChI=1S/C18H26N4/c1-14-5-3-6-16-15(2)13-17(20-18(14)16)22-11-9-21(10-12-22)8-4-7-19/h3,5-6,13H,4,7-12,19H2,1-2H3. The monoisotopic (exact) mass is 298 g/mol. The molecule has 3 rings (SSSR count). The number of piperazine rings is 1. The molecule has 1 aromatic carbocycles. The van der Waals surface area contributed by atoms with Gasteiger partial charge in [0, 0.05) is 31.6 Å². The van der Waals surface area contributed by atoms with Crippen LogP contribution in [-0.4, -0.2) is 49.2 Å². The lowest BCUT2D eigenvalue weighted by molar-refractivity contribution is 0.256. The molecule has 2 heterocycles. The molecule has 1 aromatic heterocycles. The van der Waals surface area contributed by atoms with Crippen LogP contribution in [0.1, 0.15) is 17.5 Å². The first-order valence-corrected chi connectivity index (χ1v) is 8.23. The summed E-state index contributed by atoms with van der Waals surface area (Å²) in [5.41, 5.74) is 9.31. The van der Waals surface area contributed by atoms with Crippen molar-refractivity contribution in [1.82, 2.24) is 9.88 Å². The maximum Gasteiger partial charge on any atom is 0.129 e. The molecule has 4 nitrogen and oxygen atoms in total. The smallest absolute Gasteiger partial charge is 0.129 e. The van der Waals surface area contributed by atoms with Gasteiger partial charge in [-0.1, -0.05) is 18.2 Å². The highest BCUT2D eigenvalue weighted by Crippen LogP contribution is 2.25. The first-order valence-electron chi connectivity index (χ1n) is 8.23. The van der Waals surface area contributed by atoms with Crippen molar-refractivity contribution in [1.29, 1.82) is 0 Å². The van der Waals surface area contributed by atoms with Crippen molar-refractivity contribution in [2.75, 3.05) is 44.2 Å². The van der Waals surface area contributed by atoms with Gasteiger partial charge in [0.1, 0.15) is 5.82 Å². The topological polar surface area (TPSA) is 45.4 Å². The Morgan fingerprint density at radius 3 is 2.59 bits per heavy atom. The summed E-state index contributed by atoms with van der Waals surface area (Å²) >= 11 is 0. The van der Waals surface area contributed by atoms with Crippen LogP contribution in [0, 0.1) is 13.8 Å². The van der Waals surface area contributed by atoms with Gasteiger partial charge in [-0.3, -0.25) is 4.90 Å². The number of hydrogen-bond donors (Lipinski definition) is 1. The van der Waals surface area contributed by atoms with E-state index >= 15 is 0 Å². The molecule has 1 aliphatic rings. The molecule has 0 aliphatic carbocycles. The van der Waals surface area contributed by atoms with Gasteiger partial charge >= 0.3 is 0 Å². The van der Waals surface area contributed by atoms with Gasteiger partial charge in [-0.05, 0) is 50.6 Å². The number of hydrogen-bond acceptors (Lipinski definition) is 4. The molecule has 0 spiro atoms. The molecule has 0 unspecified atom stereocenters. The Morgan fingerprint density at radius 1 is 1.09 bits per heavy atom. The summed E-state index contributed by atoms with van der Waals surface area (Å²) in [4.78, 5) is 9.85. The number of anilines is 1. The Balaban J connectivity index is 1.79. The van der Waals surface area contributed by atoms with E-state index in [0.717, 1.165) is 57.0 Å². The van der Waals surface area contributed by atoms with Gasteiger partial charge in [0.15, 0.2) is 0 Å². The summed E-state index contributed by atoms with van der Waals surface area (Å²) in [6, 6.07) is 8.65. The van der Waals surface area contributed by atoms with Crippen molar-refractivity contribution in [3.05, 3.63) is 35.4 Å². The lowest BCUT2D eigenvalue weighted by Gasteiger charge is -2.35. The van der Waals surface area contributed by atoms with Crippen molar-refractivity contribution in [2.45, 2.75) is 20.3 Å². The number of pyridine rings is 1. The third kappa shape index (κ3) is 3.08. The minimum atomic E-state index is 0.783. The van der Waals surface area contributed by atoms with E-state index < -0.39 is 0 Å². The highest BCUT2D eigenvalue weighted by Gasteiger charge is 2.18. The van der Waals surface area contributed by atoms with E-state index in [4.69, 9.17) is 10.7 Å². The normalized spacial score (nSPS) is 16.4. The molecule has 1 saturated heterocycles. The van der Waals surface area contributed by atoms with Gasteiger partial charge in [0.25, 0.3) is 0 Å². The van der Waals surface area contributed by atoms with Crippen LogP contribution >= 0.6 is 0 Å². The second-order valence-corrected chi connectivity index (χ2v) is 6.24. The molecular formula is C18H26N4. The molecule has 0 amide bonds. The summed E-state index contributed by atoms with van der Waals surface area (Å²) in [6.07, 6.45) is 1.09. The van der Waals surface area contributed by atoms with Crippen molar-refractivity contribution >= 4 is 16.7 Å². The molecule has 0 radical (unpaired) electrons. The van der Waals surface area contributed by atoms with E-state index in [2.05, 4.69) is 47.9 Å². The van der Waals surface area contributed by atoms with Crippen LogP contribution < -0.4 is 10.6 Å². The third-order valence-electron chi connectivity index (χ3n) is 4.61. The summed E-state index contributed by atoms with van der Waals surface area (Å²) in [6.45, 7) is 10.5. The quantitative estimate of drug-likeness (QED) is 0.941. The molecule has 2 N–H and O–H groups in total. The zero-order valence-electron chi connectivity index (χ0n) is 13.7. The van der Waals surface area contributed by atoms with Crippen molar-refractivity contribution in [2.24, 2.45) is 5.73 Å². The lowest BCUT2D eigenvalue weighted by atomic mass is 10.1. The van der Waals surface area contributed by atoms with Crippen LogP contribution in [0.25, 0.3) is 10.9 Å². The Kier molecular flexibility index (Phi) is 4.60. The van der Waals surface area contributed by atoms with Gasteiger partial charge in [0.2, 0.25) is 0 Å². The van der Waals surface area contributed by atoms with Crippen LogP contribution in [0.5, 0.6) is 0 Å². The highest BCUT2D eigenvalue weighted by molar-refractivity contribution is 5.86. The Labute approximate surface area is 132 Å². The average Bonchev–Trinajstić information content (AvgIpc) is 2.54. The SMILES string of the molecule is Cc1cc(N2CCN(CCCN)CC2)nc2c(C)cccc12. The number of nitrogens with two attached hydrogens (primary N) is 1. The molecule has 1 aliphatic heterocycles. The zero-order valence-corrected chi connectivity index (χ0v) is 13.7. The molecule has 22 heavy (non-hydrogen) atoms. The highest BCUT2D eigenvalue weighted by atomic mass is 15.3. The molecule has 0 saturated carbocycles. The molecular weight excluding hydrogens is 272 g/mol. The van der Waals surface area contributed by atoms with Crippen LogP contribution in [0.3, 0.4) is 0 Å². The fourth-order valence-electron chi connectivity index (χ4n) is 3.22. The summed E-state index contributed by atoms with van der Waals surface area (Å²) < 4.78 is 0. The van der Waals surface area contributed by atoms with E-state index in [0.29, 0.717) is 0 Å². The van der Waals surface area contributed by atoms with Gasteiger partial charge in [-0.2, -0.15) is 0 Å². The minimum Gasteiger partial charge on any atom is -0.354 e. The van der Waals surface area contributed by atoms with Gasteiger partial charge in [-0.15, -0.1) is 0 Å². The molecule has 4 heteroatoms. The Morgan fingerprint density at radius 2 is 1.86 bits per heavy atom. The maximum atomic E-state index is 5.60. The number of aromatic nitrogens is 1. The van der Waals surface area contributed by atoms with Gasteiger partial charge < -0.3 is 10.6 Å². The van der Waals surface area contributed by atoms with E-state index in [1.807, 2.05) is 0 Å². The Hall–Kier alpha value is -1.65. The van der Waals surface area contributed by atoms with Crippen LogP contribution in [0.4, 0.5) is 5.82 Å². The number of benzene rings is 1. The van der Waals surface area contributed by atoms with Crippen LogP contribution in [0.2, 0.25) is 0 Å². The number of para-hydroxylation sites is 1. The molecule has 2 aromatic rings. The summed E-state index contributed by atoms with van der Waals surface area (Å²) in [7, 11) is 0. The average molecular weight is 298 g/mol. The predicted molar refractivity (Wildman–Crippen MR) is 93.5 cm³/mol. The van der Waals surface area contributed by atoms with E-state index in [-0.39, 0.29) is 0 Å². The second kappa shape index (κ2) is 6.63. The molecule has 0 bridgehead atoms. The lowest BCUT2D eigenvalue weighted by Crippen LogP contribution is -2.47. The van der Waals surface area contributed by atoms with Crippen molar-refractivity contribution < 1.29 is 0 Å². The van der Waals surface area contributed by atoms with E-state index in [1.54, 1.807) is 0 Å². The second-order valence-electron chi connectivity index (χ2n) is 6.24. The largest absolute Gasteiger partial charge is 0.354 e. The summed E-state index contributed by atoms with van der Waals surface area (Å²) in [5.74, 6) is 1.12. The van der Waals surface area contributed by atoms with E-state index in [1.165, 1.54) is 16.5 Å². The third-order valence-corrected chi connectivity index (χ3v) is 4.61. The first kappa shape index (κ1) is 15.3. The molecule has 118 valence electrons. The van der Waals surface area contributed by atoms with Crippen LogP contribution in [-0.2, 0) is 0 Å². The molecule has 0 atom stereocenters. The first-order chi connectivity index (χ1) is 10.7. The van der Waals surface area contributed by atoms with E-state index in [9.17, 15) is 0 Å². The van der Waals surface area contributed by atoms with Crippen LogP contribution in [0.15, 0.2) is 24.3 Å². The Bertz CT molecular complexity index is 645. The molecule has 1 fully saturated rings. The van der Waals surface area contributed by atoms with Gasteiger partial charge in [-0.25, -0.2) is 4.98 Å².